The van der Waals surface area contributed by atoms with Crippen LogP contribution in [0.2, 0.25) is 0 Å². The summed E-state index contributed by atoms with van der Waals surface area (Å²) in [6.45, 7) is -0.000204. The minimum atomic E-state index is -0.963. The van der Waals surface area contributed by atoms with Crippen LogP contribution in [-0.2, 0) is 0 Å². The maximum absolute atomic E-state index is 13.6. The number of nitrogens with zero attached hydrogens (tertiary/aromatic N) is 1. The van der Waals surface area contributed by atoms with Crippen molar-refractivity contribution in [2.75, 3.05) is 13.7 Å². The minimum Gasteiger partial charge on any atom is -0.491 e. The Morgan fingerprint density at radius 2 is 2.13 bits per heavy atom. The van der Waals surface area contributed by atoms with Gasteiger partial charge in [0, 0.05) is 30.1 Å². The zero-order valence-corrected chi connectivity index (χ0v) is 12.2. The van der Waals surface area contributed by atoms with Gasteiger partial charge in [-0.1, -0.05) is 0 Å². The van der Waals surface area contributed by atoms with E-state index in [4.69, 9.17) is 5.41 Å². The van der Waals surface area contributed by atoms with Gasteiger partial charge in [-0.2, -0.15) is 5.10 Å². The fourth-order valence-electron chi connectivity index (χ4n) is 1.89. The van der Waals surface area contributed by atoms with Crippen LogP contribution in [0.25, 0.3) is 0 Å². The summed E-state index contributed by atoms with van der Waals surface area (Å²) in [5.74, 6) is -3.14. The number of rotatable bonds is 5. The Balaban J connectivity index is 2.12. The van der Waals surface area contributed by atoms with Gasteiger partial charge >= 0.3 is 0 Å². The zero-order valence-electron chi connectivity index (χ0n) is 12.2. The van der Waals surface area contributed by atoms with Crippen molar-refractivity contribution in [1.29, 1.82) is 5.41 Å². The van der Waals surface area contributed by atoms with Crippen molar-refractivity contribution >= 4 is 18.3 Å². The summed E-state index contributed by atoms with van der Waals surface area (Å²) in [6.07, 6.45) is 5.95. The molecule has 1 amide bonds. The Labute approximate surface area is 131 Å². The van der Waals surface area contributed by atoms with Crippen LogP contribution in [0.1, 0.15) is 10.4 Å². The smallest absolute Gasteiger partial charge is 0.251 e. The van der Waals surface area contributed by atoms with Crippen LogP contribution < -0.4 is 15.5 Å². The molecule has 23 heavy (non-hydrogen) atoms. The summed E-state index contributed by atoms with van der Waals surface area (Å²) in [7, 11) is 1.14. The molecule has 1 aliphatic rings. The number of amides is 1. The third-order valence-corrected chi connectivity index (χ3v) is 3.03. The van der Waals surface area contributed by atoms with E-state index in [1.165, 1.54) is 6.21 Å². The summed E-state index contributed by atoms with van der Waals surface area (Å²) < 4.78 is 31.8. The van der Waals surface area contributed by atoms with E-state index in [0.29, 0.717) is 11.3 Å². The molecule has 0 bridgehead atoms. The number of hydrogen-bond donors (Lipinski definition) is 3. The summed E-state index contributed by atoms with van der Waals surface area (Å²) in [5.41, 5.74) is 3.52. The molecule has 120 valence electrons. The predicted octanol–water partition coefficient (Wildman–Crippen LogP) is 1.75. The highest BCUT2D eigenvalue weighted by Crippen LogP contribution is 2.22. The highest BCUT2D eigenvalue weighted by atomic mass is 19.1. The van der Waals surface area contributed by atoms with Crippen molar-refractivity contribution in [2.45, 2.75) is 0 Å². The quantitative estimate of drug-likeness (QED) is 0.723. The Kier molecular flexibility index (Phi) is 5.19. The molecule has 0 aromatic heterocycles. The standard InChI is InChI=1S/C15H14F2N4O2/c1-23-14-11(16)5-9(6-12(14)17)15(22)19-8-10(7-18)13-3-2-4-20-21-13/h2-7,18,21H,8H2,1H3,(H,19,22)/b13-10+,18-7?. The van der Waals surface area contributed by atoms with Gasteiger partial charge in [-0.3, -0.25) is 10.2 Å². The molecule has 2 rings (SSSR count). The van der Waals surface area contributed by atoms with Crippen molar-refractivity contribution < 1.29 is 18.3 Å². The van der Waals surface area contributed by atoms with Crippen LogP contribution in [0, 0.1) is 17.0 Å². The maximum atomic E-state index is 13.6. The largest absolute Gasteiger partial charge is 0.491 e. The predicted molar refractivity (Wildman–Crippen MR) is 81.8 cm³/mol. The van der Waals surface area contributed by atoms with Gasteiger partial charge in [-0.25, -0.2) is 8.78 Å². The number of ether oxygens (including phenoxy) is 1. The van der Waals surface area contributed by atoms with Gasteiger partial charge in [-0.05, 0) is 24.3 Å². The van der Waals surface area contributed by atoms with E-state index in [1.54, 1.807) is 12.2 Å². The van der Waals surface area contributed by atoms with E-state index in [9.17, 15) is 13.6 Å². The number of carbonyl (C=O) groups is 1. The fraction of sp³-hybridized carbons (Fsp3) is 0.133. The number of allylic oxidation sites excluding steroid dienone is 2. The van der Waals surface area contributed by atoms with Crippen molar-refractivity contribution in [1.82, 2.24) is 10.7 Å². The van der Waals surface area contributed by atoms with E-state index in [0.717, 1.165) is 25.5 Å². The molecule has 0 spiro atoms. The minimum absolute atomic E-state index is 0.000204. The van der Waals surface area contributed by atoms with Crippen LogP contribution >= 0.6 is 0 Å². The molecule has 1 aromatic carbocycles. The molecule has 0 aliphatic carbocycles. The average Bonchev–Trinajstić information content (AvgIpc) is 2.56. The summed E-state index contributed by atoms with van der Waals surface area (Å²) in [5, 5.41) is 13.7. The Morgan fingerprint density at radius 3 is 2.65 bits per heavy atom. The second kappa shape index (κ2) is 7.30. The van der Waals surface area contributed by atoms with Gasteiger partial charge in [0.1, 0.15) is 0 Å². The van der Waals surface area contributed by atoms with Gasteiger partial charge in [0.2, 0.25) is 0 Å². The van der Waals surface area contributed by atoms with Crippen molar-refractivity contribution in [2.24, 2.45) is 5.10 Å². The summed E-state index contributed by atoms with van der Waals surface area (Å²) in [6, 6.07) is 1.77. The Hall–Kier alpha value is -3.03. The molecule has 0 atom stereocenters. The SMILES string of the molecule is COc1c(F)cc(C(=O)NC/C(C=N)=C2\C=CC=NN2)cc1F. The third kappa shape index (κ3) is 3.79. The van der Waals surface area contributed by atoms with Crippen molar-refractivity contribution in [3.63, 3.8) is 0 Å². The number of carbonyl (C=O) groups excluding carboxylic acids is 1. The molecule has 8 heteroatoms. The average molecular weight is 320 g/mol. The van der Waals surface area contributed by atoms with E-state index in [2.05, 4.69) is 20.6 Å². The van der Waals surface area contributed by atoms with Crippen LogP contribution in [0.4, 0.5) is 8.78 Å². The van der Waals surface area contributed by atoms with Crippen molar-refractivity contribution in [3.8, 4) is 5.75 Å². The first kappa shape index (κ1) is 16.3. The van der Waals surface area contributed by atoms with E-state index in [-0.39, 0.29) is 12.1 Å². The van der Waals surface area contributed by atoms with Crippen LogP contribution in [0.5, 0.6) is 5.75 Å². The van der Waals surface area contributed by atoms with Gasteiger partial charge in [-0.15, -0.1) is 0 Å². The molecular weight excluding hydrogens is 306 g/mol. The molecule has 6 nitrogen and oxygen atoms in total. The molecule has 0 radical (unpaired) electrons. The first-order valence-electron chi connectivity index (χ1n) is 6.57. The molecule has 1 aliphatic heterocycles. The second-order valence-corrected chi connectivity index (χ2v) is 4.49. The lowest BCUT2D eigenvalue weighted by atomic mass is 10.1. The molecule has 3 N–H and O–H groups in total. The highest BCUT2D eigenvalue weighted by molar-refractivity contribution is 5.95. The number of hydrogen-bond acceptors (Lipinski definition) is 5. The summed E-state index contributed by atoms with van der Waals surface area (Å²) in [4.78, 5) is 12.0. The number of halogens is 2. The molecule has 0 unspecified atom stereocenters. The Bertz CT molecular complexity index is 703. The normalized spacial score (nSPS) is 14.9. The van der Waals surface area contributed by atoms with Gasteiger partial charge in [0.15, 0.2) is 17.4 Å². The molecule has 0 fully saturated rings. The monoisotopic (exact) mass is 320 g/mol. The number of hydrazone groups is 1. The summed E-state index contributed by atoms with van der Waals surface area (Å²) >= 11 is 0. The van der Waals surface area contributed by atoms with E-state index in [1.807, 2.05) is 0 Å². The van der Waals surface area contributed by atoms with Crippen LogP contribution in [0.3, 0.4) is 0 Å². The molecular formula is C15H14F2N4O2. The second-order valence-electron chi connectivity index (χ2n) is 4.49. The first-order valence-corrected chi connectivity index (χ1v) is 6.57. The van der Waals surface area contributed by atoms with Crippen LogP contribution in [0.15, 0.2) is 40.7 Å². The first-order chi connectivity index (χ1) is 11.1. The fourth-order valence-corrected chi connectivity index (χ4v) is 1.89. The molecule has 1 aromatic rings. The lowest BCUT2D eigenvalue weighted by molar-refractivity contribution is 0.0956. The lowest BCUT2D eigenvalue weighted by Gasteiger charge is -2.12. The van der Waals surface area contributed by atoms with Gasteiger partial charge in [0.25, 0.3) is 5.91 Å². The molecule has 1 heterocycles. The molecule has 0 saturated heterocycles. The third-order valence-electron chi connectivity index (χ3n) is 3.03. The van der Waals surface area contributed by atoms with Crippen molar-refractivity contribution in [3.05, 3.63) is 52.8 Å². The topological polar surface area (TPSA) is 86.6 Å². The Morgan fingerprint density at radius 1 is 1.43 bits per heavy atom. The van der Waals surface area contributed by atoms with E-state index >= 15 is 0 Å². The zero-order chi connectivity index (χ0) is 16.8. The molecule has 0 saturated carbocycles. The highest BCUT2D eigenvalue weighted by Gasteiger charge is 2.16. The van der Waals surface area contributed by atoms with Gasteiger partial charge in [0.05, 0.1) is 12.8 Å². The van der Waals surface area contributed by atoms with Gasteiger partial charge < -0.3 is 15.5 Å². The lowest BCUT2D eigenvalue weighted by Crippen LogP contribution is -2.28. The number of nitrogens with one attached hydrogen (secondary N) is 3. The van der Waals surface area contributed by atoms with Crippen LogP contribution in [-0.4, -0.2) is 32.0 Å². The number of benzene rings is 1. The maximum Gasteiger partial charge on any atom is 0.251 e. The number of methoxy groups -OCH3 is 1. The van der Waals surface area contributed by atoms with E-state index < -0.39 is 23.3 Å².